The largest absolute Gasteiger partial charge is 0.433 e. The number of nitrogens with zero attached hydrogens (tertiary/aromatic N) is 3. The van der Waals surface area contributed by atoms with Gasteiger partial charge < -0.3 is 10.1 Å². The van der Waals surface area contributed by atoms with Gasteiger partial charge in [-0.3, -0.25) is 14.3 Å². The van der Waals surface area contributed by atoms with Crippen LogP contribution in [0, 0.1) is 6.92 Å². The van der Waals surface area contributed by atoms with Crippen LogP contribution in [0.25, 0.3) is 5.69 Å². The third-order valence-corrected chi connectivity index (χ3v) is 5.35. The van der Waals surface area contributed by atoms with Crippen molar-refractivity contribution in [1.29, 1.82) is 0 Å². The molecule has 0 radical (unpaired) electrons. The number of alkyl halides is 2. The van der Waals surface area contributed by atoms with E-state index in [1.165, 1.54) is 12.3 Å². The minimum atomic E-state index is -2.86. The van der Waals surface area contributed by atoms with E-state index in [2.05, 4.69) is 20.0 Å². The Kier molecular flexibility index (Phi) is 5.74. The minimum Gasteiger partial charge on any atom is -0.433 e. The maximum atomic E-state index is 12.4. The average Bonchev–Trinajstić information content (AvgIpc) is 3.19. The molecule has 0 spiro atoms. The van der Waals surface area contributed by atoms with Crippen LogP contribution in [0.4, 0.5) is 14.6 Å². The molecule has 3 aromatic rings. The van der Waals surface area contributed by atoms with Crippen molar-refractivity contribution >= 4 is 5.82 Å². The van der Waals surface area contributed by atoms with Gasteiger partial charge in [-0.05, 0) is 56.0 Å². The topological polar surface area (TPSA) is 69.0 Å². The molecule has 0 bridgehead atoms. The first-order valence-corrected chi connectivity index (χ1v) is 9.81. The molecule has 8 heteroatoms. The molecular weight excluding hydrogens is 390 g/mol. The van der Waals surface area contributed by atoms with Crippen LogP contribution in [0.1, 0.15) is 36.4 Å². The summed E-state index contributed by atoms with van der Waals surface area (Å²) in [6.07, 6.45) is 7.62. The number of anilines is 1. The number of rotatable bonds is 6. The standard InChI is InChI=1S/C22H22F2N4O2/c1-14-10-20(26-13-19(14)30-22(23)24)27-16-6-5-15(11-16)18-8-7-17(12-25-18)28-9-3-2-4-21(28)29/h2-4,7-10,12-13,15-16,22H,5-6,11H2,1H3,(H,26,27)/t15-,16-/m0/s1. The van der Waals surface area contributed by atoms with Crippen LogP contribution < -0.4 is 15.6 Å². The zero-order chi connectivity index (χ0) is 21.1. The molecule has 1 aliphatic rings. The van der Waals surface area contributed by atoms with Crippen molar-refractivity contribution in [2.24, 2.45) is 0 Å². The van der Waals surface area contributed by atoms with E-state index in [-0.39, 0.29) is 17.4 Å². The number of hydrogen-bond donors (Lipinski definition) is 1. The van der Waals surface area contributed by atoms with Gasteiger partial charge >= 0.3 is 6.61 Å². The van der Waals surface area contributed by atoms with Gasteiger partial charge in [0.1, 0.15) is 11.6 Å². The quantitative estimate of drug-likeness (QED) is 0.654. The number of ether oxygens (including phenoxy) is 1. The summed E-state index contributed by atoms with van der Waals surface area (Å²) in [5, 5.41) is 3.38. The van der Waals surface area contributed by atoms with Crippen LogP contribution >= 0.6 is 0 Å². The van der Waals surface area contributed by atoms with Crippen molar-refractivity contribution in [2.75, 3.05) is 5.32 Å². The van der Waals surface area contributed by atoms with Crippen LogP contribution in [-0.4, -0.2) is 27.2 Å². The van der Waals surface area contributed by atoms with Crippen molar-refractivity contribution in [1.82, 2.24) is 14.5 Å². The number of pyridine rings is 3. The molecule has 1 aliphatic carbocycles. The SMILES string of the molecule is Cc1cc(N[C@H]2CC[C@H](c3ccc(-n4ccccc4=O)cn3)C2)ncc1OC(F)F. The van der Waals surface area contributed by atoms with E-state index < -0.39 is 6.61 Å². The fraction of sp³-hybridized carbons (Fsp3) is 0.318. The predicted molar refractivity (Wildman–Crippen MR) is 109 cm³/mol. The summed E-state index contributed by atoms with van der Waals surface area (Å²) in [5.74, 6) is 1.04. The molecule has 6 nitrogen and oxygen atoms in total. The van der Waals surface area contributed by atoms with E-state index in [1.54, 1.807) is 36.0 Å². The summed E-state index contributed by atoms with van der Waals surface area (Å²) in [6.45, 7) is -1.15. The lowest BCUT2D eigenvalue weighted by molar-refractivity contribution is -0.0505. The molecule has 156 valence electrons. The lowest BCUT2D eigenvalue weighted by Crippen LogP contribution is -2.17. The Hall–Kier alpha value is -3.29. The summed E-state index contributed by atoms with van der Waals surface area (Å²) in [6, 6.07) is 10.9. The first-order chi connectivity index (χ1) is 14.5. The highest BCUT2D eigenvalue weighted by Gasteiger charge is 2.27. The normalized spacial score (nSPS) is 18.5. The van der Waals surface area contributed by atoms with E-state index in [1.807, 2.05) is 18.2 Å². The van der Waals surface area contributed by atoms with E-state index in [9.17, 15) is 13.6 Å². The fourth-order valence-electron chi connectivity index (χ4n) is 3.85. The second kappa shape index (κ2) is 8.61. The van der Waals surface area contributed by atoms with Gasteiger partial charge in [0.05, 0.1) is 18.1 Å². The first-order valence-electron chi connectivity index (χ1n) is 9.81. The fourth-order valence-corrected chi connectivity index (χ4v) is 3.85. The van der Waals surface area contributed by atoms with Crippen LogP contribution in [0.2, 0.25) is 0 Å². The summed E-state index contributed by atoms with van der Waals surface area (Å²) in [7, 11) is 0. The average molecular weight is 412 g/mol. The summed E-state index contributed by atoms with van der Waals surface area (Å²) < 4.78 is 30.8. The molecule has 30 heavy (non-hydrogen) atoms. The monoisotopic (exact) mass is 412 g/mol. The number of aryl methyl sites for hydroxylation is 1. The lowest BCUT2D eigenvalue weighted by atomic mass is 10.0. The molecule has 0 amide bonds. The smallest absolute Gasteiger partial charge is 0.387 e. The van der Waals surface area contributed by atoms with Gasteiger partial charge in [0.15, 0.2) is 0 Å². The minimum absolute atomic E-state index is 0.0849. The van der Waals surface area contributed by atoms with Crippen molar-refractivity contribution in [3.63, 3.8) is 0 Å². The lowest BCUT2D eigenvalue weighted by Gasteiger charge is -2.16. The molecule has 1 N–H and O–H groups in total. The zero-order valence-corrected chi connectivity index (χ0v) is 16.5. The Balaban J connectivity index is 1.39. The molecule has 4 rings (SSSR count). The molecule has 0 aliphatic heterocycles. The highest BCUT2D eigenvalue weighted by Crippen LogP contribution is 2.35. The molecule has 2 atom stereocenters. The van der Waals surface area contributed by atoms with Gasteiger partial charge in [0.25, 0.3) is 5.56 Å². The number of halogens is 2. The van der Waals surface area contributed by atoms with Gasteiger partial charge in [0.2, 0.25) is 0 Å². The second-order valence-electron chi connectivity index (χ2n) is 7.41. The first kappa shape index (κ1) is 20.0. The van der Waals surface area contributed by atoms with Gasteiger partial charge in [-0.25, -0.2) is 4.98 Å². The van der Waals surface area contributed by atoms with Gasteiger partial charge in [-0.1, -0.05) is 6.07 Å². The number of nitrogens with one attached hydrogen (secondary N) is 1. The van der Waals surface area contributed by atoms with E-state index in [4.69, 9.17) is 0 Å². The van der Waals surface area contributed by atoms with Crippen molar-refractivity contribution in [2.45, 2.75) is 44.8 Å². The van der Waals surface area contributed by atoms with Crippen molar-refractivity contribution in [3.05, 3.63) is 76.6 Å². The molecule has 1 fully saturated rings. The Labute approximate surface area is 172 Å². The van der Waals surface area contributed by atoms with Crippen LogP contribution in [0.3, 0.4) is 0 Å². The van der Waals surface area contributed by atoms with Gasteiger partial charge in [-0.2, -0.15) is 8.78 Å². The Morgan fingerprint density at radius 3 is 2.73 bits per heavy atom. The summed E-state index contributed by atoms with van der Waals surface area (Å²) in [4.78, 5) is 20.7. The summed E-state index contributed by atoms with van der Waals surface area (Å²) in [5.41, 5.74) is 2.25. The van der Waals surface area contributed by atoms with Crippen LogP contribution in [0.5, 0.6) is 5.75 Å². The van der Waals surface area contributed by atoms with Crippen molar-refractivity contribution < 1.29 is 13.5 Å². The van der Waals surface area contributed by atoms with Gasteiger partial charge in [0, 0.05) is 29.9 Å². The highest BCUT2D eigenvalue weighted by molar-refractivity contribution is 5.44. The van der Waals surface area contributed by atoms with E-state index >= 15 is 0 Å². The molecule has 0 unspecified atom stereocenters. The Morgan fingerprint density at radius 2 is 2.03 bits per heavy atom. The van der Waals surface area contributed by atoms with E-state index in [0.29, 0.717) is 17.3 Å². The molecular formula is C22H22F2N4O2. The Morgan fingerprint density at radius 1 is 1.17 bits per heavy atom. The summed E-state index contributed by atoms with van der Waals surface area (Å²) >= 11 is 0. The zero-order valence-electron chi connectivity index (χ0n) is 16.5. The van der Waals surface area contributed by atoms with Crippen LogP contribution in [0.15, 0.2) is 59.8 Å². The second-order valence-corrected chi connectivity index (χ2v) is 7.41. The number of aromatic nitrogens is 3. The predicted octanol–water partition coefficient (Wildman–Crippen LogP) is 4.29. The van der Waals surface area contributed by atoms with Crippen molar-refractivity contribution in [3.8, 4) is 11.4 Å². The number of hydrogen-bond acceptors (Lipinski definition) is 5. The molecule has 1 saturated carbocycles. The van der Waals surface area contributed by atoms with Gasteiger partial charge in [-0.15, -0.1) is 0 Å². The van der Waals surface area contributed by atoms with E-state index in [0.717, 1.165) is 30.6 Å². The molecule has 3 heterocycles. The molecule has 0 aromatic carbocycles. The van der Waals surface area contributed by atoms with Crippen LogP contribution in [-0.2, 0) is 0 Å². The third-order valence-electron chi connectivity index (χ3n) is 5.35. The molecule has 3 aromatic heterocycles. The maximum absolute atomic E-state index is 12.4. The molecule has 0 saturated heterocycles. The maximum Gasteiger partial charge on any atom is 0.387 e. The highest BCUT2D eigenvalue weighted by atomic mass is 19.3. The Bertz CT molecular complexity index is 1070. The third kappa shape index (κ3) is 4.48.